The van der Waals surface area contributed by atoms with Gasteiger partial charge in [-0.3, -0.25) is 14.4 Å². The third-order valence-corrected chi connectivity index (χ3v) is 2.04. The Morgan fingerprint density at radius 2 is 1.94 bits per heavy atom. The molecule has 0 rings (SSSR count). The summed E-state index contributed by atoms with van der Waals surface area (Å²) in [7, 11) is 1.30. The molecule has 0 aliphatic rings. The monoisotopic (exact) mass is 230 g/mol. The van der Waals surface area contributed by atoms with Gasteiger partial charge in [-0.15, -0.1) is 0 Å². The highest BCUT2D eigenvalue weighted by Gasteiger charge is 2.13. The van der Waals surface area contributed by atoms with Crippen LogP contribution >= 0.6 is 0 Å². The first-order valence-electron chi connectivity index (χ1n) is 5.10. The molecule has 0 radical (unpaired) electrons. The van der Waals surface area contributed by atoms with Gasteiger partial charge in [0.25, 0.3) is 0 Å². The lowest BCUT2D eigenvalue weighted by molar-refractivity contribution is -0.141. The van der Waals surface area contributed by atoms with E-state index < -0.39 is 0 Å². The predicted octanol–water partition coefficient (Wildman–Crippen LogP) is -0.466. The number of methoxy groups -OCH3 is 1. The van der Waals surface area contributed by atoms with Gasteiger partial charge in [-0.2, -0.15) is 0 Å². The van der Waals surface area contributed by atoms with Gasteiger partial charge < -0.3 is 15.0 Å². The van der Waals surface area contributed by atoms with Crippen molar-refractivity contribution < 1.29 is 19.1 Å². The maximum Gasteiger partial charge on any atom is 0.307 e. The number of nitrogens with one attached hydrogen (secondary N) is 1. The maximum atomic E-state index is 11.5. The van der Waals surface area contributed by atoms with Crippen LogP contribution in [0.3, 0.4) is 0 Å². The summed E-state index contributed by atoms with van der Waals surface area (Å²) in [6.45, 7) is 3.92. The molecule has 0 heterocycles. The zero-order valence-electron chi connectivity index (χ0n) is 9.91. The minimum atomic E-state index is -0.356. The third-order valence-electron chi connectivity index (χ3n) is 2.04. The summed E-state index contributed by atoms with van der Waals surface area (Å²) in [6.07, 6.45) is 0.163. The van der Waals surface area contributed by atoms with E-state index >= 15 is 0 Å². The Labute approximate surface area is 94.9 Å². The summed E-state index contributed by atoms with van der Waals surface area (Å²) in [4.78, 5) is 34.5. The summed E-state index contributed by atoms with van der Waals surface area (Å²) in [6, 6.07) is 0. The molecule has 2 amide bonds. The van der Waals surface area contributed by atoms with Crippen molar-refractivity contribution >= 4 is 17.8 Å². The van der Waals surface area contributed by atoms with E-state index in [0.717, 1.165) is 0 Å². The van der Waals surface area contributed by atoms with Gasteiger partial charge in [-0.05, 0) is 6.92 Å². The van der Waals surface area contributed by atoms with E-state index in [1.807, 2.05) is 6.92 Å². The number of carbonyl (C=O) groups is 3. The first-order chi connectivity index (χ1) is 7.51. The molecule has 16 heavy (non-hydrogen) atoms. The van der Waals surface area contributed by atoms with E-state index in [1.54, 1.807) is 0 Å². The van der Waals surface area contributed by atoms with Crippen molar-refractivity contribution in [2.24, 2.45) is 0 Å². The Bertz CT molecular complexity index is 266. The van der Waals surface area contributed by atoms with Gasteiger partial charge >= 0.3 is 5.97 Å². The van der Waals surface area contributed by atoms with E-state index in [-0.39, 0.29) is 30.7 Å². The molecule has 6 nitrogen and oxygen atoms in total. The number of hydrogen-bond acceptors (Lipinski definition) is 4. The molecule has 0 unspecified atom stereocenters. The Hall–Kier alpha value is -1.59. The van der Waals surface area contributed by atoms with Crippen LogP contribution in [0.25, 0.3) is 0 Å². The molecule has 0 aromatic carbocycles. The van der Waals surface area contributed by atoms with Crippen molar-refractivity contribution in [1.82, 2.24) is 10.2 Å². The number of esters is 1. The summed E-state index contributed by atoms with van der Waals surface area (Å²) in [5, 5.41) is 2.42. The molecule has 0 spiro atoms. The van der Waals surface area contributed by atoms with Gasteiger partial charge in [-0.1, -0.05) is 0 Å². The lowest BCUT2D eigenvalue weighted by atomic mass is 10.3. The molecular weight excluding hydrogens is 212 g/mol. The second-order valence-corrected chi connectivity index (χ2v) is 3.21. The molecule has 0 fully saturated rings. The largest absolute Gasteiger partial charge is 0.469 e. The normalized spacial score (nSPS) is 9.44. The van der Waals surface area contributed by atoms with Crippen LogP contribution in [-0.2, 0) is 19.1 Å². The fraction of sp³-hybridized carbons (Fsp3) is 0.700. The van der Waals surface area contributed by atoms with Crippen molar-refractivity contribution in [1.29, 1.82) is 0 Å². The molecule has 0 aliphatic carbocycles. The fourth-order valence-corrected chi connectivity index (χ4v) is 1.10. The Balaban J connectivity index is 4.01. The molecule has 0 atom stereocenters. The molecule has 0 aliphatic heterocycles. The molecular formula is C10H18N2O4. The lowest BCUT2D eigenvalue weighted by Gasteiger charge is -2.20. The smallest absolute Gasteiger partial charge is 0.307 e. The van der Waals surface area contributed by atoms with E-state index in [1.165, 1.54) is 18.9 Å². The van der Waals surface area contributed by atoms with Crippen LogP contribution in [0.1, 0.15) is 20.3 Å². The van der Waals surface area contributed by atoms with Crippen LogP contribution in [0, 0.1) is 0 Å². The zero-order chi connectivity index (χ0) is 12.6. The van der Waals surface area contributed by atoms with Crippen LogP contribution in [0.5, 0.6) is 0 Å². The number of amides is 2. The summed E-state index contributed by atoms with van der Waals surface area (Å²) in [5.41, 5.74) is 0. The summed E-state index contributed by atoms with van der Waals surface area (Å²) < 4.78 is 4.48. The first kappa shape index (κ1) is 14.4. The van der Waals surface area contributed by atoms with Crippen molar-refractivity contribution in [3.63, 3.8) is 0 Å². The third kappa shape index (κ3) is 6.00. The van der Waals surface area contributed by atoms with Crippen molar-refractivity contribution in [2.45, 2.75) is 20.3 Å². The summed E-state index contributed by atoms with van der Waals surface area (Å²) >= 11 is 0. The number of nitrogens with zero attached hydrogens (tertiary/aromatic N) is 1. The Kier molecular flexibility index (Phi) is 6.91. The van der Waals surface area contributed by atoms with Gasteiger partial charge in [0.05, 0.1) is 20.1 Å². The maximum absolute atomic E-state index is 11.5. The minimum Gasteiger partial charge on any atom is -0.469 e. The number of likely N-dealkylation sites (N-methyl/N-ethyl adjacent to an activating group) is 1. The molecule has 1 N–H and O–H groups in total. The SMILES string of the molecule is CCN(CCC(=O)OC)C(=O)CNC(C)=O. The number of ether oxygens (including phenoxy) is 1. The van der Waals surface area contributed by atoms with E-state index in [9.17, 15) is 14.4 Å². The van der Waals surface area contributed by atoms with Crippen molar-refractivity contribution in [3.8, 4) is 0 Å². The Morgan fingerprint density at radius 1 is 1.31 bits per heavy atom. The second-order valence-electron chi connectivity index (χ2n) is 3.21. The van der Waals surface area contributed by atoms with Gasteiger partial charge in [-0.25, -0.2) is 0 Å². The molecule has 0 saturated carbocycles. The molecule has 0 bridgehead atoms. The van der Waals surface area contributed by atoms with Crippen LogP contribution in [0.2, 0.25) is 0 Å². The molecule has 0 aromatic rings. The molecule has 0 aromatic heterocycles. The first-order valence-corrected chi connectivity index (χ1v) is 5.10. The summed E-state index contributed by atoms with van der Waals surface area (Å²) in [5.74, 6) is -0.815. The Morgan fingerprint density at radius 3 is 2.38 bits per heavy atom. The van der Waals surface area contributed by atoms with Gasteiger partial charge in [0.1, 0.15) is 0 Å². The average Bonchev–Trinajstić information content (AvgIpc) is 2.26. The van der Waals surface area contributed by atoms with Crippen molar-refractivity contribution in [2.75, 3.05) is 26.7 Å². The average molecular weight is 230 g/mol. The van der Waals surface area contributed by atoms with Crippen molar-refractivity contribution in [3.05, 3.63) is 0 Å². The fourth-order valence-electron chi connectivity index (χ4n) is 1.10. The van der Waals surface area contributed by atoms with Crippen LogP contribution in [0.4, 0.5) is 0 Å². The van der Waals surface area contributed by atoms with Gasteiger partial charge in [0, 0.05) is 20.0 Å². The molecule has 0 saturated heterocycles. The number of rotatable bonds is 6. The highest BCUT2D eigenvalue weighted by molar-refractivity contribution is 5.84. The predicted molar refractivity (Wildman–Crippen MR) is 57.6 cm³/mol. The minimum absolute atomic E-state index is 0.0374. The van der Waals surface area contributed by atoms with Crippen LogP contribution in [0.15, 0.2) is 0 Å². The number of hydrogen-bond donors (Lipinski definition) is 1. The lowest BCUT2D eigenvalue weighted by Crippen LogP contribution is -2.40. The highest BCUT2D eigenvalue weighted by Crippen LogP contribution is 1.94. The van der Waals surface area contributed by atoms with Crippen LogP contribution in [-0.4, -0.2) is 49.4 Å². The standard InChI is InChI=1S/C10H18N2O4/c1-4-12(6-5-10(15)16-3)9(14)7-11-8(2)13/h4-7H2,1-3H3,(H,11,13). The van der Waals surface area contributed by atoms with Gasteiger partial charge in [0.2, 0.25) is 11.8 Å². The van der Waals surface area contributed by atoms with E-state index in [2.05, 4.69) is 10.1 Å². The zero-order valence-corrected chi connectivity index (χ0v) is 9.91. The van der Waals surface area contributed by atoms with Gasteiger partial charge in [0.15, 0.2) is 0 Å². The molecule has 6 heteroatoms. The quantitative estimate of drug-likeness (QED) is 0.626. The highest BCUT2D eigenvalue weighted by atomic mass is 16.5. The van der Waals surface area contributed by atoms with E-state index in [4.69, 9.17) is 0 Å². The topological polar surface area (TPSA) is 75.7 Å². The number of carbonyl (C=O) groups excluding carboxylic acids is 3. The van der Waals surface area contributed by atoms with Crippen LogP contribution < -0.4 is 5.32 Å². The second kappa shape index (κ2) is 7.67. The molecule has 92 valence electrons. The van der Waals surface area contributed by atoms with E-state index in [0.29, 0.717) is 13.1 Å².